The zero-order valence-electron chi connectivity index (χ0n) is 10.2. The topological polar surface area (TPSA) is 46.3 Å². The Bertz CT molecular complexity index is 246. The largest absolute Gasteiger partial charge is 0.342 e. The Hall–Kier alpha value is -0.570. The molecule has 0 aromatic rings. The molecular formula is C13H24N2O. The van der Waals surface area contributed by atoms with Crippen molar-refractivity contribution in [1.29, 1.82) is 0 Å². The number of rotatable bonds is 3. The lowest BCUT2D eigenvalue weighted by molar-refractivity contribution is -0.130. The van der Waals surface area contributed by atoms with E-state index in [1.807, 2.05) is 0 Å². The molecule has 1 spiro atoms. The van der Waals surface area contributed by atoms with E-state index >= 15 is 0 Å². The molecule has 2 aliphatic rings. The third-order valence-electron chi connectivity index (χ3n) is 4.30. The molecule has 3 nitrogen and oxygen atoms in total. The van der Waals surface area contributed by atoms with Gasteiger partial charge in [0.2, 0.25) is 5.91 Å². The standard InChI is InChI=1S/C13H24N2O/c14-9-4-5-12(16)15-10-8-13(11-15)6-2-1-3-7-13/h1-11,14H2. The maximum Gasteiger partial charge on any atom is 0.222 e. The van der Waals surface area contributed by atoms with Gasteiger partial charge < -0.3 is 10.6 Å². The van der Waals surface area contributed by atoms with Crippen molar-refractivity contribution in [3.63, 3.8) is 0 Å². The molecule has 0 aromatic carbocycles. The number of hydrogen-bond donors (Lipinski definition) is 1. The summed E-state index contributed by atoms with van der Waals surface area (Å²) in [6, 6.07) is 0. The Morgan fingerprint density at radius 3 is 2.62 bits per heavy atom. The number of carbonyl (C=O) groups is 1. The average Bonchev–Trinajstić information content (AvgIpc) is 2.71. The fraction of sp³-hybridized carbons (Fsp3) is 0.923. The highest BCUT2D eigenvalue weighted by atomic mass is 16.2. The average molecular weight is 224 g/mol. The molecule has 1 amide bonds. The molecule has 92 valence electrons. The molecule has 1 aliphatic carbocycles. The Kier molecular flexibility index (Phi) is 3.85. The van der Waals surface area contributed by atoms with Gasteiger partial charge in [0.05, 0.1) is 0 Å². The van der Waals surface area contributed by atoms with Crippen molar-refractivity contribution < 1.29 is 4.79 Å². The molecule has 16 heavy (non-hydrogen) atoms. The normalized spacial score (nSPS) is 23.9. The zero-order chi connectivity index (χ0) is 11.4. The third-order valence-corrected chi connectivity index (χ3v) is 4.30. The van der Waals surface area contributed by atoms with Gasteiger partial charge >= 0.3 is 0 Å². The first-order valence-corrected chi connectivity index (χ1v) is 6.74. The molecule has 2 rings (SSSR count). The minimum absolute atomic E-state index is 0.327. The molecule has 1 saturated carbocycles. The van der Waals surface area contributed by atoms with Crippen molar-refractivity contribution in [1.82, 2.24) is 4.90 Å². The summed E-state index contributed by atoms with van der Waals surface area (Å²) in [7, 11) is 0. The molecular weight excluding hydrogens is 200 g/mol. The lowest BCUT2D eigenvalue weighted by Crippen LogP contribution is -2.33. The summed E-state index contributed by atoms with van der Waals surface area (Å²) in [5.41, 5.74) is 5.94. The monoisotopic (exact) mass is 224 g/mol. The minimum Gasteiger partial charge on any atom is -0.342 e. The first-order chi connectivity index (χ1) is 7.76. The van der Waals surface area contributed by atoms with Gasteiger partial charge in [-0.15, -0.1) is 0 Å². The van der Waals surface area contributed by atoms with Gasteiger partial charge in [-0.1, -0.05) is 19.3 Å². The summed E-state index contributed by atoms with van der Waals surface area (Å²) in [5.74, 6) is 0.327. The molecule has 3 heteroatoms. The molecule has 2 fully saturated rings. The Balaban J connectivity index is 1.84. The number of nitrogens with two attached hydrogens (primary N) is 1. The van der Waals surface area contributed by atoms with E-state index in [9.17, 15) is 4.79 Å². The summed E-state index contributed by atoms with van der Waals surface area (Å²) >= 11 is 0. The molecule has 0 bridgehead atoms. The van der Waals surface area contributed by atoms with E-state index < -0.39 is 0 Å². The van der Waals surface area contributed by atoms with Gasteiger partial charge in [-0.3, -0.25) is 4.79 Å². The van der Waals surface area contributed by atoms with Crippen molar-refractivity contribution in [2.75, 3.05) is 19.6 Å². The molecule has 1 saturated heterocycles. The molecule has 1 aliphatic heterocycles. The van der Waals surface area contributed by atoms with Gasteiger partial charge in [-0.2, -0.15) is 0 Å². The van der Waals surface area contributed by atoms with Crippen LogP contribution in [0.3, 0.4) is 0 Å². The van der Waals surface area contributed by atoms with Gasteiger partial charge in [0.1, 0.15) is 0 Å². The number of carbonyl (C=O) groups excluding carboxylic acids is 1. The van der Waals surface area contributed by atoms with E-state index in [0.717, 1.165) is 19.5 Å². The highest BCUT2D eigenvalue weighted by Gasteiger charge is 2.39. The quantitative estimate of drug-likeness (QED) is 0.796. The van der Waals surface area contributed by atoms with Gasteiger partial charge in [-0.25, -0.2) is 0 Å². The maximum atomic E-state index is 11.9. The summed E-state index contributed by atoms with van der Waals surface area (Å²) in [4.78, 5) is 14.0. The van der Waals surface area contributed by atoms with Gasteiger partial charge in [-0.05, 0) is 37.6 Å². The molecule has 0 atom stereocenters. The second kappa shape index (κ2) is 5.17. The van der Waals surface area contributed by atoms with Crippen LogP contribution < -0.4 is 5.73 Å². The van der Waals surface area contributed by atoms with E-state index in [0.29, 0.717) is 24.3 Å². The van der Waals surface area contributed by atoms with Crippen LogP contribution >= 0.6 is 0 Å². The zero-order valence-corrected chi connectivity index (χ0v) is 10.2. The SMILES string of the molecule is NCCCC(=O)N1CCC2(CCCCC2)C1. The first-order valence-electron chi connectivity index (χ1n) is 6.74. The van der Waals surface area contributed by atoms with E-state index in [1.54, 1.807) is 0 Å². The third kappa shape index (κ3) is 2.57. The van der Waals surface area contributed by atoms with Crippen molar-refractivity contribution in [3.8, 4) is 0 Å². The predicted molar refractivity (Wildman–Crippen MR) is 65.0 cm³/mol. The van der Waals surface area contributed by atoms with Crippen LogP contribution in [0.5, 0.6) is 0 Å². The number of amides is 1. The van der Waals surface area contributed by atoms with E-state index in [2.05, 4.69) is 4.90 Å². The fourth-order valence-electron chi connectivity index (χ4n) is 3.27. The molecule has 0 aromatic heterocycles. The lowest BCUT2D eigenvalue weighted by Gasteiger charge is -2.33. The minimum atomic E-state index is 0.327. The second-order valence-corrected chi connectivity index (χ2v) is 5.52. The highest BCUT2D eigenvalue weighted by molar-refractivity contribution is 5.76. The highest BCUT2D eigenvalue weighted by Crippen LogP contribution is 2.43. The van der Waals surface area contributed by atoms with Crippen LogP contribution in [-0.2, 0) is 4.79 Å². The van der Waals surface area contributed by atoms with Crippen molar-refractivity contribution in [2.24, 2.45) is 11.1 Å². The predicted octanol–water partition coefficient (Wildman–Crippen LogP) is 1.91. The van der Waals surface area contributed by atoms with E-state index in [-0.39, 0.29) is 0 Å². The summed E-state index contributed by atoms with van der Waals surface area (Å²) in [6.45, 7) is 2.64. The Morgan fingerprint density at radius 1 is 1.19 bits per heavy atom. The Morgan fingerprint density at radius 2 is 1.94 bits per heavy atom. The van der Waals surface area contributed by atoms with E-state index in [1.165, 1.54) is 38.5 Å². The van der Waals surface area contributed by atoms with Gasteiger partial charge in [0.15, 0.2) is 0 Å². The smallest absolute Gasteiger partial charge is 0.222 e. The van der Waals surface area contributed by atoms with Crippen LogP contribution in [0.1, 0.15) is 51.4 Å². The van der Waals surface area contributed by atoms with Crippen LogP contribution in [0.2, 0.25) is 0 Å². The van der Waals surface area contributed by atoms with Crippen LogP contribution in [0, 0.1) is 5.41 Å². The molecule has 1 heterocycles. The Labute approximate surface area is 98.4 Å². The number of hydrogen-bond acceptors (Lipinski definition) is 2. The van der Waals surface area contributed by atoms with Crippen LogP contribution in [0.25, 0.3) is 0 Å². The van der Waals surface area contributed by atoms with Crippen molar-refractivity contribution >= 4 is 5.91 Å². The number of likely N-dealkylation sites (tertiary alicyclic amines) is 1. The lowest BCUT2D eigenvalue weighted by atomic mass is 9.73. The van der Waals surface area contributed by atoms with E-state index in [4.69, 9.17) is 5.73 Å². The van der Waals surface area contributed by atoms with Crippen LogP contribution in [0.4, 0.5) is 0 Å². The summed E-state index contributed by atoms with van der Waals surface area (Å²) in [6.07, 6.45) is 9.52. The van der Waals surface area contributed by atoms with Gasteiger partial charge in [0, 0.05) is 19.5 Å². The fourth-order valence-corrected chi connectivity index (χ4v) is 3.27. The number of nitrogens with zero attached hydrogens (tertiary/aromatic N) is 1. The first kappa shape index (κ1) is 11.9. The maximum absolute atomic E-state index is 11.9. The summed E-state index contributed by atoms with van der Waals surface area (Å²) in [5, 5.41) is 0. The second-order valence-electron chi connectivity index (χ2n) is 5.52. The van der Waals surface area contributed by atoms with Crippen molar-refractivity contribution in [2.45, 2.75) is 51.4 Å². The van der Waals surface area contributed by atoms with Crippen LogP contribution in [0.15, 0.2) is 0 Å². The molecule has 0 radical (unpaired) electrons. The van der Waals surface area contributed by atoms with Crippen LogP contribution in [-0.4, -0.2) is 30.4 Å². The molecule has 2 N–H and O–H groups in total. The van der Waals surface area contributed by atoms with Crippen molar-refractivity contribution in [3.05, 3.63) is 0 Å². The molecule has 0 unspecified atom stereocenters. The summed E-state index contributed by atoms with van der Waals surface area (Å²) < 4.78 is 0. The van der Waals surface area contributed by atoms with Gasteiger partial charge in [0.25, 0.3) is 0 Å².